The minimum atomic E-state index is -0.625. The maximum atomic E-state index is 11.7. The van der Waals surface area contributed by atoms with Crippen LogP contribution in [0.3, 0.4) is 0 Å². The first-order valence-electron chi connectivity index (χ1n) is 7.05. The first-order chi connectivity index (χ1) is 11.4. The summed E-state index contributed by atoms with van der Waals surface area (Å²) in [5, 5.41) is 17.8. The van der Waals surface area contributed by atoms with Crippen LogP contribution in [-0.4, -0.2) is 28.3 Å². The van der Waals surface area contributed by atoms with Crippen LogP contribution in [0.1, 0.15) is 22.5 Å². The number of anilines is 1. The summed E-state index contributed by atoms with van der Waals surface area (Å²) in [7, 11) is 1.82. The molecule has 2 aromatic heterocycles. The molecule has 0 fully saturated rings. The molecule has 0 aliphatic heterocycles. The molecule has 2 aromatic rings. The van der Waals surface area contributed by atoms with Gasteiger partial charge < -0.3 is 10.1 Å². The summed E-state index contributed by atoms with van der Waals surface area (Å²) in [6.45, 7) is 3.32. The fourth-order valence-corrected chi connectivity index (χ4v) is 2.78. The molecule has 0 saturated carbocycles. The number of hydrogen-bond acceptors (Lipinski definition) is 6. The zero-order valence-electron chi connectivity index (χ0n) is 13.5. The van der Waals surface area contributed by atoms with Crippen LogP contribution in [0.25, 0.3) is 6.08 Å². The van der Waals surface area contributed by atoms with E-state index in [4.69, 9.17) is 10.00 Å². The van der Waals surface area contributed by atoms with Crippen LogP contribution in [0.4, 0.5) is 5.00 Å². The number of nitriles is 1. The van der Waals surface area contributed by atoms with Gasteiger partial charge in [-0.1, -0.05) is 0 Å². The Balaban J connectivity index is 1.88. The number of thiophene rings is 1. The molecule has 0 aliphatic carbocycles. The fraction of sp³-hybridized carbons (Fsp3) is 0.250. The number of carbonyl (C=O) groups is 2. The summed E-state index contributed by atoms with van der Waals surface area (Å²) in [5.74, 6) is -1.12. The maximum absolute atomic E-state index is 11.7. The Morgan fingerprint density at radius 3 is 2.88 bits per heavy atom. The van der Waals surface area contributed by atoms with Crippen molar-refractivity contribution >= 4 is 34.3 Å². The quantitative estimate of drug-likeness (QED) is 0.662. The Morgan fingerprint density at radius 2 is 2.25 bits per heavy atom. The van der Waals surface area contributed by atoms with E-state index in [2.05, 4.69) is 10.4 Å². The van der Waals surface area contributed by atoms with Gasteiger partial charge in [-0.3, -0.25) is 9.48 Å². The lowest BCUT2D eigenvalue weighted by Crippen LogP contribution is -2.20. The zero-order chi connectivity index (χ0) is 17.7. The predicted octanol–water partition coefficient (Wildman–Crippen LogP) is 2.17. The molecule has 124 valence electrons. The smallest absolute Gasteiger partial charge is 0.331 e. The van der Waals surface area contributed by atoms with E-state index in [1.54, 1.807) is 22.2 Å². The second-order valence-corrected chi connectivity index (χ2v) is 5.89. The second-order valence-electron chi connectivity index (χ2n) is 4.97. The van der Waals surface area contributed by atoms with Gasteiger partial charge in [-0.2, -0.15) is 10.4 Å². The monoisotopic (exact) mass is 344 g/mol. The molecule has 0 atom stereocenters. The summed E-state index contributed by atoms with van der Waals surface area (Å²) in [4.78, 5) is 23.5. The molecule has 8 heteroatoms. The van der Waals surface area contributed by atoms with Gasteiger partial charge in [0.2, 0.25) is 0 Å². The molecule has 0 saturated heterocycles. The highest BCUT2D eigenvalue weighted by atomic mass is 32.1. The summed E-state index contributed by atoms with van der Waals surface area (Å²) >= 11 is 1.23. The van der Waals surface area contributed by atoms with Crippen molar-refractivity contribution in [3.05, 3.63) is 40.0 Å². The molecule has 1 amide bonds. The number of hydrogen-bond donors (Lipinski definition) is 1. The number of carbonyl (C=O) groups excluding carboxylic acids is 2. The van der Waals surface area contributed by atoms with Gasteiger partial charge in [-0.05, 0) is 31.4 Å². The van der Waals surface area contributed by atoms with E-state index in [0.29, 0.717) is 10.6 Å². The van der Waals surface area contributed by atoms with E-state index < -0.39 is 18.5 Å². The lowest BCUT2D eigenvalue weighted by atomic mass is 10.2. The molecular formula is C16H16N4O3S. The van der Waals surface area contributed by atoms with Crippen molar-refractivity contribution in [3.63, 3.8) is 0 Å². The first-order valence-corrected chi connectivity index (χ1v) is 7.92. The summed E-state index contributed by atoms with van der Waals surface area (Å²) in [5.41, 5.74) is 2.95. The van der Waals surface area contributed by atoms with E-state index in [9.17, 15) is 9.59 Å². The van der Waals surface area contributed by atoms with E-state index in [1.807, 2.05) is 27.0 Å². The van der Waals surface area contributed by atoms with Crippen molar-refractivity contribution in [2.24, 2.45) is 7.05 Å². The number of nitrogens with one attached hydrogen (secondary N) is 1. The number of amides is 1. The number of aromatic nitrogens is 2. The first kappa shape index (κ1) is 17.4. The number of nitrogens with zero attached hydrogens (tertiary/aromatic N) is 3. The molecule has 0 aromatic carbocycles. The molecule has 24 heavy (non-hydrogen) atoms. The van der Waals surface area contributed by atoms with Crippen molar-refractivity contribution in [3.8, 4) is 6.07 Å². The molecule has 0 aliphatic rings. The van der Waals surface area contributed by atoms with Crippen molar-refractivity contribution in [2.45, 2.75) is 13.8 Å². The SMILES string of the molecule is Cc1nn(C)c(C)c1/C=C/C(=O)OCC(=O)Nc1sccc1C#N. The molecule has 0 spiro atoms. The minimum Gasteiger partial charge on any atom is -0.452 e. The van der Waals surface area contributed by atoms with Crippen LogP contribution in [-0.2, 0) is 21.4 Å². The van der Waals surface area contributed by atoms with Gasteiger partial charge in [0.05, 0.1) is 11.3 Å². The number of aryl methyl sites for hydroxylation is 2. The Bertz CT molecular complexity index is 842. The summed E-state index contributed by atoms with van der Waals surface area (Å²) in [6.07, 6.45) is 2.88. The number of rotatable bonds is 5. The average molecular weight is 344 g/mol. The van der Waals surface area contributed by atoms with Crippen LogP contribution in [0.5, 0.6) is 0 Å². The van der Waals surface area contributed by atoms with Crippen LogP contribution < -0.4 is 5.32 Å². The molecule has 0 radical (unpaired) electrons. The maximum Gasteiger partial charge on any atom is 0.331 e. The second kappa shape index (κ2) is 7.57. The van der Waals surface area contributed by atoms with E-state index >= 15 is 0 Å². The fourth-order valence-electron chi connectivity index (χ4n) is 2.02. The van der Waals surface area contributed by atoms with Crippen LogP contribution >= 0.6 is 11.3 Å². The van der Waals surface area contributed by atoms with Crippen LogP contribution in [0, 0.1) is 25.2 Å². The third-order valence-corrected chi connectivity index (χ3v) is 4.17. The summed E-state index contributed by atoms with van der Waals surface area (Å²) in [6, 6.07) is 3.57. The van der Waals surface area contributed by atoms with Crippen LogP contribution in [0.2, 0.25) is 0 Å². The molecule has 7 nitrogen and oxygen atoms in total. The lowest BCUT2D eigenvalue weighted by molar-refractivity contribution is -0.142. The normalized spacial score (nSPS) is 10.6. The van der Waals surface area contributed by atoms with E-state index in [0.717, 1.165) is 17.0 Å². The molecular weight excluding hydrogens is 328 g/mol. The van der Waals surface area contributed by atoms with Gasteiger partial charge in [0.25, 0.3) is 5.91 Å². The molecule has 2 heterocycles. The Hall–Kier alpha value is -2.92. The van der Waals surface area contributed by atoms with Gasteiger partial charge in [0.1, 0.15) is 11.1 Å². The van der Waals surface area contributed by atoms with Gasteiger partial charge in [-0.25, -0.2) is 4.79 Å². The van der Waals surface area contributed by atoms with Crippen molar-refractivity contribution in [2.75, 3.05) is 11.9 Å². The van der Waals surface area contributed by atoms with Crippen molar-refractivity contribution in [1.82, 2.24) is 9.78 Å². The third-order valence-electron chi connectivity index (χ3n) is 3.34. The highest BCUT2D eigenvalue weighted by Crippen LogP contribution is 2.21. The Labute approximate surface area is 143 Å². The van der Waals surface area contributed by atoms with Gasteiger partial charge in [0.15, 0.2) is 6.61 Å². The molecule has 0 bridgehead atoms. The molecule has 0 unspecified atom stereocenters. The number of esters is 1. The standard InChI is InChI=1S/C16H16N4O3S/c1-10-13(11(2)20(3)19-10)4-5-15(22)23-9-14(21)18-16-12(8-17)6-7-24-16/h4-7H,9H2,1-3H3,(H,18,21)/b5-4+. The van der Waals surface area contributed by atoms with Gasteiger partial charge in [-0.15, -0.1) is 11.3 Å². The van der Waals surface area contributed by atoms with E-state index in [-0.39, 0.29) is 0 Å². The summed E-state index contributed by atoms with van der Waals surface area (Å²) < 4.78 is 6.61. The highest BCUT2D eigenvalue weighted by molar-refractivity contribution is 7.14. The van der Waals surface area contributed by atoms with E-state index in [1.165, 1.54) is 17.4 Å². The average Bonchev–Trinajstić information content (AvgIpc) is 3.08. The third kappa shape index (κ3) is 4.08. The largest absolute Gasteiger partial charge is 0.452 e. The molecule has 2 rings (SSSR count). The van der Waals surface area contributed by atoms with Gasteiger partial charge >= 0.3 is 5.97 Å². The topological polar surface area (TPSA) is 97.0 Å². The Morgan fingerprint density at radius 1 is 1.50 bits per heavy atom. The number of ether oxygens (including phenoxy) is 1. The Kier molecular flexibility index (Phi) is 5.50. The predicted molar refractivity (Wildman–Crippen MR) is 90.3 cm³/mol. The van der Waals surface area contributed by atoms with Crippen molar-refractivity contribution < 1.29 is 14.3 Å². The van der Waals surface area contributed by atoms with Gasteiger partial charge in [0, 0.05) is 24.4 Å². The molecule has 1 N–H and O–H groups in total. The zero-order valence-corrected chi connectivity index (χ0v) is 14.3. The lowest BCUT2D eigenvalue weighted by Gasteiger charge is -2.03. The van der Waals surface area contributed by atoms with Crippen molar-refractivity contribution in [1.29, 1.82) is 5.26 Å². The van der Waals surface area contributed by atoms with Crippen LogP contribution in [0.15, 0.2) is 17.5 Å². The highest BCUT2D eigenvalue weighted by Gasteiger charge is 2.11. The minimum absolute atomic E-state index is 0.377.